The predicted octanol–water partition coefficient (Wildman–Crippen LogP) is 12.6. The van der Waals surface area contributed by atoms with Gasteiger partial charge in [0, 0.05) is 84.3 Å². The molecule has 6 aromatic rings. The van der Waals surface area contributed by atoms with Crippen LogP contribution in [0, 0.1) is 23.7 Å². The number of carbonyl (C=O) groups excluding carboxylic acids is 6. The van der Waals surface area contributed by atoms with Crippen LogP contribution >= 0.6 is 0 Å². The summed E-state index contributed by atoms with van der Waals surface area (Å²) in [6.07, 6.45) is 15.2. The van der Waals surface area contributed by atoms with Gasteiger partial charge in [0.25, 0.3) is 11.8 Å². The fraction of sp³-hybridized carbons (Fsp3) is 0.441. The maximum absolute atomic E-state index is 14.4. The number of aromatic nitrogens is 2. The average Bonchev–Trinajstić information content (AvgIpc) is 2.08. The number of likely N-dealkylation sites (tertiary alicyclic amines) is 2. The lowest BCUT2D eigenvalue weighted by atomic mass is 9.79. The molecule has 4 aromatic carbocycles. The zero-order valence-corrected chi connectivity index (χ0v) is 49.2. The average molecular weight is 1140 g/mol. The molecule has 6 heterocycles. The molecule has 0 bridgehead atoms. The number of rotatable bonds is 8. The molecule has 4 fully saturated rings. The Bertz CT molecular complexity index is 3140. The standard InChI is InChI=1S/2C34H40N4O4/c2*1-34(2,3)42-33(41)37-19-17-23(21-37)29-26-18-20-38(30(26)24-13-7-9-15-27(24)35-29)32(40)25-14-8-10-16-28(25)36-31(39)22-11-5-4-6-12-22/h2*4-7,9,11-13,15,17,19,21,25-26,28-30,35H,8,10,14,16,18,20H2,1-3H3,(H,36,39)/t25-,26+,28+,29-,30-;25-,26-,28+,29+,30+/m00/s1. The van der Waals surface area contributed by atoms with Crippen LogP contribution in [0.1, 0.15) is 173 Å². The second-order valence-electron chi connectivity index (χ2n) is 25.6. The van der Waals surface area contributed by atoms with E-state index >= 15 is 0 Å². The van der Waals surface area contributed by atoms with Gasteiger partial charge in [0.1, 0.15) is 11.2 Å². The second kappa shape index (κ2) is 24.2. The van der Waals surface area contributed by atoms with E-state index in [9.17, 15) is 28.8 Å². The molecule has 0 unspecified atom stereocenters. The summed E-state index contributed by atoms with van der Waals surface area (Å²) in [5, 5.41) is 13.8. The summed E-state index contributed by atoms with van der Waals surface area (Å²) in [7, 11) is 0. The summed E-state index contributed by atoms with van der Waals surface area (Å²) in [6, 6.07) is 38.1. The first kappa shape index (κ1) is 57.7. The highest BCUT2D eigenvalue weighted by Crippen LogP contribution is 2.54. The van der Waals surface area contributed by atoms with E-state index in [1.807, 2.05) is 151 Å². The van der Waals surface area contributed by atoms with E-state index in [-0.39, 0.29) is 83.6 Å². The molecule has 440 valence electrons. The van der Waals surface area contributed by atoms with Crippen molar-refractivity contribution in [1.82, 2.24) is 29.6 Å². The van der Waals surface area contributed by atoms with Crippen LogP contribution in [0.2, 0.25) is 0 Å². The van der Waals surface area contributed by atoms with Gasteiger partial charge in [-0.2, -0.15) is 0 Å². The zero-order valence-electron chi connectivity index (χ0n) is 49.2. The normalized spacial score (nSPS) is 25.1. The number of fused-ring (bicyclic) bond motifs is 6. The summed E-state index contributed by atoms with van der Waals surface area (Å²) < 4.78 is 14.1. The minimum atomic E-state index is -0.585. The number of ether oxygens (including phenoxy) is 2. The Morgan fingerprint density at radius 3 is 1.23 bits per heavy atom. The van der Waals surface area contributed by atoms with Gasteiger partial charge in [-0.1, -0.05) is 98.5 Å². The van der Waals surface area contributed by atoms with Crippen LogP contribution in [-0.4, -0.2) is 91.1 Å². The Hall–Kier alpha value is -8.14. The number of nitrogens with zero attached hydrogens (tertiary/aromatic N) is 4. The summed E-state index contributed by atoms with van der Waals surface area (Å²) in [5.74, 6) is -0.219. The third-order valence-electron chi connectivity index (χ3n) is 17.7. The van der Waals surface area contributed by atoms with E-state index in [0.29, 0.717) is 24.2 Å². The van der Waals surface area contributed by atoms with Crippen LogP contribution in [0.15, 0.2) is 146 Å². The van der Waals surface area contributed by atoms with Crippen molar-refractivity contribution in [2.24, 2.45) is 23.7 Å². The molecule has 12 rings (SSSR count). The molecule has 2 aliphatic carbocycles. The first-order chi connectivity index (χ1) is 40.4. The third kappa shape index (κ3) is 12.4. The number of carbonyl (C=O) groups is 6. The quantitative estimate of drug-likeness (QED) is 0.114. The highest BCUT2D eigenvalue weighted by Gasteiger charge is 2.51. The summed E-state index contributed by atoms with van der Waals surface area (Å²) in [4.78, 5) is 84.4. The first-order valence-electron chi connectivity index (χ1n) is 30.3. The topological polar surface area (TPSA) is 185 Å². The predicted molar refractivity (Wildman–Crippen MR) is 322 cm³/mol. The SMILES string of the molecule is CC(C)(C)OC(=O)n1ccc([C@@H]2Nc3ccccc3[C@H]3[C@@H]2CCN3C(=O)[C@H]2CCCC[C@H]2NC(=O)c2ccccc2)c1.CC(C)(C)OC(=O)n1ccc([C@H]2Nc3ccccc3[C@@H]3[C@H]2CCN3C(=O)[C@H]2CCCC[C@H]2NC(=O)c2ccccc2)c1. The molecule has 16 heteroatoms. The van der Waals surface area contributed by atoms with Crippen LogP contribution in [0.4, 0.5) is 21.0 Å². The van der Waals surface area contributed by atoms with Crippen molar-refractivity contribution in [2.45, 2.75) is 153 Å². The van der Waals surface area contributed by atoms with E-state index in [4.69, 9.17) is 9.47 Å². The summed E-state index contributed by atoms with van der Waals surface area (Å²) >= 11 is 0. The van der Waals surface area contributed by atoms with Crippen LogP contribution in [0.3, 0.4) is 0 Å². The maximum Gasteiger partial charge on any atom is 0.418 e. The maximum atomic E-state index is 14.4. The molecule has 2 saturated carbocycles. The third-order valence-corrected chi connectivity index (χ3v) is 17.7. The smallest absolute Gasteiger partial charge is 0.418 e. The number of amides is 4. The fourth-order valence-corrected chi connectivity index (χ4v) is 14.0. The molecule has 2 saturated heterocycles. The second-order valence-corrected chi connectivity index (χ2v) is 25.6. The zero-order chi connectivity index (χ0) is 58.9. The lowest BCUT2D eigenvalue weighted by Crippen LogP contribution is -2.50. The van der Waals surface area contributed by atoms with Gasteiger partial charge in [0.05, 0.1) is 36.0 Å². The van der Waals surface area contributed by atoms with Gasteiger partial charge in [0.2, 0.25) is 11.8 Å². The molecule has 2 aromatic heterocycles. The van der Waals surface area contributed by atoms with Gasteiger partial charge >= 0.3 is 12.2 Å². The van der Waals surface area contributed by atoms with Crippen molar-refractivity contribution in [3.63, 3.8) is 0 Å². The molecule has 10 atom stereocenters. The summed E-state index contributed by atoms with van der Waals surface area (Å²) in [5.41, 5.74) is 6.30. The van der Waals surface area contributed by atoms with Crippen LogP contribution < -0.4 is 21.3 Å². The van der Waals surface area contributed by atoms with Crippen molar-refractivity contribution in [3.05, 3.63) is 179 Å². The lowest BCUT2D eigenvalue weighted by Gasteiger charge is -2.41. The lowest BCUT2D eigenvalue weighted by molar-refractivity contribution is -0.139. The molecule has 4 aliphatic heterocycles. The molecule has 4 N–H and O–H groups in total. The van der Waals surface area contributed by atoms with E-state index in [2.05, 4.69) is 55.3 Å². The summed E-state index contributed by atoms with van der Waals surface area (Å²) in [6.45, 7) is 12.4. The van der Waals surface area contributed by atoms with Gasteiger partial charge < -0.3 is 40.5 Å². The number of benzene rings is 4. The molecular weight excluding hydrogens is 1060 g/mol. The van der Waals surface area contributed by atoms with Gasteiger partial charge in [0.15, 0.2) is 0 Å². The number of anilines is 2. The Kier molecular flexibility index (Phi) is 16.6. The van der Waals surface area contributed by atoms with Crippen molar-refractivity contribution in [1.29, 1.82) is 0 Å². The molecule has 4 amide bonds. The van der Waals surface area contributed by atoms with E-state index in [0.717, 1.165) is 97.8 Å². The van der Waals surface area contributed by atoms with E-state index in [1.54, 1.807) is 12.4 Å². The van der Waals surface area contributed by atoms with Crippen molar-refractivity contribution in [3.8, 4) is 0 Å². The van der Waals surface area contributed by atoms with Crippen LogP contribution in [-0.2, 0) is 19.1 Å². The van der Waals surface area contributed by atoms with Crippen molar-refractivity contribution >= 4 is 47.2 Å². The van der Waals surface area contributed by atoms with Gasteiger partial charge in [-0.25, -0.2) is 9.59 Å². The van der Waals surface area contributed by atoms with Crippen molar-refractivity contribution < 1.29 is 38.2 Å². The molecule has 0 radical (unpaired) electrons. The van der Waals surface area contributed by atoms with E-state index in [1.165, 1.54) is 9.13 Å². The highest BCUT2D eigenvalue weighted by molar-refractivity contribution is 5.95. The van der Waals surface area contributed by atoms with Gasteiger partial charge in [-0.3, -0.25) is 28.3 Å². The minimum absolute atomic E-state index is 0.0636. The Labute approximate surface area is 493 Å². The van der Waals surface area contributed by atoms with Crippen molar-refractivity contribution in [2.75, 3.05) is 23.7 Å². The van der Waals surface area contributed by atoms with E-state index < -0.39 is 23.4 Å². The van der Waals surface area contributed by atoms with Crippen LogP contribution in [0.25, 0.3) is 0 Å². The van der Waals surface area contributed by atoms with Gasteiger partial charge in [-0.15, -0.1) is 0 Å². The monoisotopic (exact) mass is 1140 g/mol. The molecular formula is C68H80N8O8. The minimum Gasteiger partial charge on any atom is -0.443 e. The molecule has 16 nitrogen and oxygen atoms in total. The number of para-hydroxylation sites is 2. The number of hydrogen-bond acceptors (Lipinski definition) is 10. The largest absolute Gasteiger partial charge is 0.443 e. The molecule has 84 heavy (non-hydrogen) atoms. The first-order valence-corrected chi connectivity index (χ1v) is 30.3. The fourth-order valence-electron chi connectivity index (χ4n) is 14.0. The molecule has 6 aliphatic rings. The molecule has 0 spiro atoms. The highest BCUT2D eigenvalue weighted by atomic mass is 16.6. The Balaban J connectivity index is 0.000000175. The Morgan fingerprint density at radius 2 is 0.833 bits per heavy atom. The van der Waals surface area contributed by atoms with Crippen LogP contribution in [0.5, 0.6) is 0 Å². The number of nitrogens with one attached hydrogen (secondary N) is 4. The number of hydrogen-bond donors (Lipinski definition) is 4. The Morgan fingerprint density at radius 1 is 0.464 bits per heavy atom. The van der Waals surface area contributed by atoms with Gasteiger partial charge in [-0.05, 0) is 151 Å².